The van der Waals surface area contributed by atoms with Crippen molar-refractivity contribution in [2.75, 3.05) is 5.73 Å². The van der Waals surface area contributed by atoms with Crippen LogP contribution in [0.25, 0.3) is 0 Å². The van der Waals surface area contributed by atoms with Crippen molar-refractivity contribution in [3.8, 4) is 0 Å². The zero-order valence-electron chi connectivity index (χ0n) is 5.90. The van der Waals surface area contributed by atoms with Gasteiger partial charge in [0.1, 0.15) is 0 Å². The molecule has 0 bridgehead atoms. The van der Waals surface area contributed by atoms with Crippen LogP contribution in [0.1, 0.15) is 0 Å². The van der Waals surface area contributed by atoms with Crippen LogP contribution in [0.15, 0.2) is 18.2 Å². The average Bonchev–Trinajstić information content (AvgIpc) is 1.92. The third-order valence-corrected chi connectivity index (χ3v) is 1.64. The highest BCUT2D eigenvalue weighted by Gasteiger charge is 2.27. The van der Waals surface area contributed by atoms with E-state index in [2.05, 4.69) is 0 Å². The summed E-state index contributed by atoms with van der Waals surface area (Å²) in [5.74, 6) is 0. The fourth-order valence-electron chi connectivity index (χ4n) is 0.829. The Balaban J connectivity index is 3.23. The van der Waals surface area contributed by atoms with Crippen LogP contribution in [0, 0.1) is 0 Å². The van der Waals surface area contributed by atoms with Gasteiger partial charge in [0.15, 0.2) is 0 Å². The van der Waals surface area contributed by atoms with Gasteiger partial charge in [0.2, 0.25) is 0 Å². The second-order valence-corrected chi connectivity index (χ2v) is 2.78. The number of benzene rings is 1. The van der Waals surface area contributed by atoms with Crippen LogP contribution in [-0.4, -0.2) is 6.98 Å². The first-order valence-electron chi connectivity index (χ1n) is 3.16. The standard InChI is InChI=1S/C6H5BClF3N/c8-4-1-2-6(12)5(3-4)7(9,10)11/h1-3H,12H2/q-1. The van der Waals surface area contributed by atoms with E-state index < -0.39 is 12.4 Å². The minimum Gasteiger partial charge on any atom is -0.445 e. The molecular formula is C6H5BClF3N-. The van der Waals surface area contributed by atoms with Crippen LogP contribution in [0.5, 0.6) is 0 Å². The Kier molecular flexibility index (Phi) is 2.23. The molecular weight excluding hydrogens is 189 g/mol. The molecule has 0 saturated carbocycles. The Morgan fingerprint density at radius 3 is 2.25 bits per heavy atom. The van der Waals surface area contributed by atoms with Crippen LogP contribution < -0.4 is 11.2 Å². The predicted octanol–water partition coefficient (Wildman–Crippen LogP) is 1.98. The van der Waals surface area contributed by atoms with Crippen molar-refractivity contribution in [2.24, 2.45) is 0 Å². The highest BCUT2D eigenvalue weighted by molar-refractivity contribution is 6.75. The van der Waals surface area contributed by atoms with Gasteiger partial charge in [0.25, 0.3) is 0 Å². The Hall–Kier alpha value is -0.835. The van der Waals surface area contributed by atoms with Gasteiger partial charge in [-0.15, -0.1) is 0 Å². The predicted molar refractivity (Wildman–Crippen MR) is 44.6 cm³/mol. The lowest BCUT2D eigenvalue weighted by atomic mass is 9.79. The third kappa shape index (κ3) is 1.85. The monoisotopic (exact) mass is 194 g/mol. The number of halogens is 4. The summed E-state index contributed by atoms with van der Waals surface area (Å²) >= 11 is 5.38. The number of hydrogen-bond acceptors (Lipinski definition) is 1. The van der Waals surface area contributed by atoms with E-state index in [1.165, 1.54) is 6.07 Å². The van der Waals surface area contributed by atoms with Crippen molar-refractivity contribution < 1.29 is 12.9 Å². The van der Waals surface area contributed by atoms with E-state index in [1.54, 1.807) is 0 Å². The van der Waals surface area contributed by atoms with E-state index in [1.807, 2.05) is 0 Å². The van der Waals surface area contributed by atoms with Gasteiger partial charge in [-0.3, -0.25) is 0 Å². The molecule has 0 aliphatic heterocycles. The number of nitrogens with two attached hydrogens (primary N) is 1. The normalized spacial score (nSPS) is 11.7. The summed E-state index contributed by atoms with van der Waals surface area (Å²) in [6, 6.07) is 3.30. The summed E-state index contributed by atoms with van der Waals surface area (Å²) in [5, 5.41) is 0.0402. The SMILES string of the molecule is Nc1ccc(Cl)cc1[B-](F)(F)F. The van der Waals surface area contributed by atoms with Crippen LogP contribution in [0.4, 0.5) is 18.6 Å². The molecule has 0 fully saturated rings. The first-order valence-corrected chi connectivity index (χ1v) is 3.54. The first kappa shape index (κ1) is 9.25. The number of nitrogen functional groups attached to an aromatic ring is 1. The molecule has 6 heteroatoms. The average molecular weight is 194 g/mol. The van der Waals surface area contributed by atoms with Gasteiger partial charge in [-0.2, -0.15) is 0 Å². The van der Waals surface area contributed by atoms with Crippen molar-refractivity contribution in [3.63, 3.8) is 0 Å². The molecule has 1 rings (SSSR count). The molecule has 0 amide bonds. The smallest absolute Gasteiger partial charge is 0.445 e. The van der Waals surface area contributed by atoms with E-state index in [-0.39, 0.29) is 10.7 Å². The zero-order chi connectivity index (χ0) is 9.35. The summed E-state index contributed by atoms with van der Waals surface area (Å²) in [4.78, 5) is 0. The first-order chi connectivity index (χ1) is 5.41. The molecule has 0 aliphatic rings. The molecule has 0 saturated heterocycles. The van der Waals surface area contributed by atoms with E-state index in [0.717, 1.165) is 12.1 Å². The van der Waals surface area contributed by atoms with Crippen molar-refractivity contribution in [1.82, 2.24) is 0 Å². The molecule has 2 N–H and O–H groups in total. The Morgan fingerprint density at radius 1 is 1.25 bits per heavy atom. The highest BCUT2D eigenvalue weighted by Crippen LogP contribution is 2.17. The van der Waals surface area contributed by atoms with E-state index in [0.29, 0.717) is 0 Å². The fourth-order valence-corrected chi connectivity index (χ4v) is 1.01. The van der Waals surface area contributed by atoms with Crippen molar-refractivity contribution in [3.05, 3.63) is 23.2 Å². The Morgan fingerprint density at radius 2 is 1.83 bits per heavy atom. The second-order valence-electron chi connectivity index (χ2n) is 2.35. The van der Waals surface area contributed by atoms with Crippen LogP contribution in [0.2, 0.25) is 5.02 Å². The van der Waals surface area contributed by atoms with E-state index in [9.17, 15) is 12.9 Å². The molecule has 0 radical (unpaired) electrons. The molecule has 0 unspecified atom stereocenters. The lowest BCUT2D eigenvalue weighted by molar-refractivity contribution is 0.501. The number of anilines is 1. The minimum absolute atomic E-state index is 0.0402. The van der Waals surface area contributed by atoms with Crippen molar-refractivity contribution in [2.45, 2.75) is 0 Å². The maximum atomic E-state index is 12.2. The summed E-state index contributed by atoms with van der Waals surface area (Å²) in [6.45, 7) is -5.06. The lowest BCUT2D eigenvalue weighted by Gasteiger charge is -2.17. The molecule has 12 heavy (non-hydrogen) atoms. The molecule has 1 aromatic rings. The van der Waals surface area contributed by atoms with Gasteiger partial charge < -0.3 is 18.7 Å². The molecule has 1 nitrogen and oxygen atoms in total. The quantitative estimate of drug-likeness (QED) is 0.537. The molecule has 0 spiro atoms. The fraction of sp³-hybridized carbons (Fsp3) is 0. The third-order valence-electron chi connectivity index (χ3n) is 1.40. The second kappa shape index (κ2) is 2.90. The summed E-state index contributed by atoms with van der Waals surface area (Å²) in [5.41, 5.74) is 4.00. The van der Waals surface area contributed by atoms with Gasteiger partial charge in [0.05, 0.1) is 0 Å². The van der Waals surface area contributed by atoms with E-state index >= 15 is 0 Å². The van der Waals surface area contributed by atoms with Crippen molar-refractivity contribution >= 4 is 29.7 Å². The number of rotatable bonds is 1. The largest absolute Gasteiger partial charge is 0.511 e. The van der Waals surface area contributed by atoms with Crippen LogP contribution in [0.3, 0.4) is 0 Å². The van der Waals surface area contributed by atoms with Gasteiger partial charge in [0, 0.05) is 10.7 Å². The van der Waals surface area contributed by atoms with Crippen molar-refractivity contribution in [1.29, 1.82) is 0 Å². The molecule has 0 atom stereocenters. The van der Waals surface area contributed by atoms with Gasteiger partial charge in [-0.25, -0.2) is 0 Å². The molecule has 0 heterocycles. The maximum Gasteiger partial charge on any atom is 0.511 e. The van der Waals surface area contributed by atoms with Crippen LogP contribution in [-0.2, 0) is 0 Å². The van der Waals surface area contributed by atoms with Gasteiger partial charge in [-0.1, -0.05) is 23.1 Å². The van der Waals surface area contributed by atoms with Crippen LogP contribution >= 0.6 is 11.6 Å². The summed E-state index contributed by atoms with van der Waals surface area (Å²) in [7, 11) is 0. The van der Waals surface area contributed by atoms with Gasteiger partial charge >= 0.3 is 6.98 Å². The maximum absolute atomic E-state index is 12.2. The topological polar surface area (TPSA) is 26.0 Å². The van der Waals surface area contributed by atoms with E-state index in [4.69, 9.17) is 17.3 Å². The van der Waals surface area contributed by atoms with Gasteiger partial charge in [-0.05, 0) is 12.1 Å². The zero-order valence-corrected chi connectivity index (χ0v) is 6.65. The molecule has 0 aliphatic carbocycles. The lowest BCUT2D eigenvalue weighted by Crippen LogP contribution is -2.36. The molecule has 1 aromatic carbocycles. The summed E-state index contributed by atoms with van der Waals surface area (Å²) in [6.07, 6.45) is 0. The molecule has 0 aromatic heterocycles. The highest BCUT2D eigenvalue weighted by atomic mass is 35.5. The molecule has 66 valence electrons. The number of hydrogen-bond donors (Lipinski definition) is 1. The Bertz CT molecular complexity index is 299. The minimum atomic E-state index is -5.06. The summed E-state index contributed by atoms with van der Waals surface area (Å²) < 4.78 is 36.5. The Labute approximate surface area is 72.4 Å².